The van der Waals surface area contributed by atoms with E-state index in [1.54, 1.807) is 7.11 Å². The Labute approximate surface area is 156 Å². The van der Waals surface area contributed by atoms with E-state index in [-0.39, 0.29) is 0 Å². The van der Waals surface area contributed by atoms with Crippen LogP contribution in [0.25, 0.3) is 5.65 Å². The van der Waals surface area contributed by atoms with Crippen LogP contribution in [0.5, 0.6) is 5.75 Å². The summed E-state index contributed by atoms with van der Waals surface area (Å²) in [6.07, 6.45) is 1.96. The van der Waals surface area contributed by atoms with Crippen molar-refractivity contribution >= 4 is 49.3 Å². The molecule has 23 heavy (non-hydrogen) atoms. The van der Waals surface area contributed by atoms with Crippen molar-refractivity contribution in [2.75, 3.05) is 7.11 Å². The van der Waals surface area contributed by atoms with Crippen molar-refractivity contribution in [1.82, 2.24) is 9.38 Å². The van der Waals surface area contributed by atoms with E-state index in [0.717, 1.165) is 31.8 Å². The van der Waals surface area contributed by atoms with Crippen LogP contribution in [0.1, 0.15) is 17.0 Å². The first-order valence-electron chi connectivity index (χ1n) is 7.11. The van der Waals surface area contributed by atoms with Crippen molar-refractivity contribution in [3.05, 3.63) is 62.4 Å². The maximum absolute atomic E-state index is 5.19. The van der Waals surface area contributed by atoms with Gasteiger partial charge in [0.25, 0.3) is 0 Å². The zero-order valence-electron chi connectivity index (χ0n) is 12.8. The van der Waals surface area contributed by atoms with Gasteiger partial charge in [0.2, 0.25) is 0 Å². The number of rotatable bonds is 5. The molecule has 0 aliphatic heterocycles. The van der Waals surface area contributed by atoms with Gasteiger partial charge in [0, 0.05) is 21.7 Å². The highest BCUT2D eigenvalue weighted by Gasteiger charge is 2.11. The second-order valence-electron chi connectivity index (χ2n) is 5.18. The number of halogens is 2. The summed E-state index contributed by atoms with van der Waals surface area (Å²) in [7, 11) is 1.69. The van der Waals surface area contributed by atoms with Gasteiger partial charge in [-0.15, -0.1) is 0 Å². The van der Waals surface area contributed by atoms with Gasteiger partial charge in [-0.05, 0) is 62.5 Å². The summed E-state index contributed by atoms with van der Waals surface area (Å²) >= 11 is 9.07. The largest absolute Gasteiger partial charge is 0.497 e. The quantitative estimate of drug-likeness (QED) is 0.500. The van der Waals surface area contributed by atoms with E-state index in [0.29, 0.717) is 0 Å². The summed E-state index contributed by atoms with van der Waals surface area (Å²) in [5.41, 5.74) is 4.63. The average Bonchev–Trinajstić information content (AvgIpc) is 2.98. The Hall–Kier alpha value is -0.980. The van der Waals surface area contributed by atoms with E-state index >= 15 is 0 Å². The van der Waals surface area contributed by atoms with Crippen LogP contribution in [0.15, 0.2) is 45.5 Å². The Morgan fingerprint density at radius 2 is 1.87 bits per heavy atom. The number of fused-ring (bicyclic) bond motifs is 1. The normalized spacial score (nSPS) is 11.1. The average molecular weight is 456 g/mol. The predicted molar refractivity (Wildman–Crippen MR) is 103 cm³/mol. The van der Waals surface area contributed by atoms with Crippen LogP contribution in [0, 0.1) is 6.92 Å². The van der Waals surface area contributed by atoms with Crippen LogP contribution in [-0.2, 0) is 11.5 Å². The second-order valence-corrected chi connectivity index (χ2v) is 7.87. The topological polar surface area (TPSA) is 26.5 Å². The number of hydrogen-bond acceptors (Lipinski definition) is 3. The summed E-state index contributed by atoms with van der Waals surface area (Å²) in [5, 5.41) is 0. The fourth-order valence-corrected chi connectivity index (χ4v) is 4.58. The number of benzene rings is 1. The lowest BCUT2D eigenvalue weighted by molar-refractivity contribution is 0.414. The van der Waals surface area contributed by atoms with Crippen LogP contribution >= 0.6 is 43.6 Å². The molecule has 3 aromatic rings. The van der Waals surface area contributed by atoms with Crippen molar-refractivity contribution in [3.8, 4) is 5.75 Å². The summed E-state index contributed by atoms with van der Waals surface area (Å²) in [4.78, 5) is 4.53. The maximum atomic E-state index is 5.19. The lowest BCUT2D eigenvalue weighted by Gasteiger charge is -2.09. The van der Waals surface area contributed by atoms with Crippen molar-refractivity contribution in [3.63, 3.8) is 0 Å². The molecule has 0 N–H and O–H groups in total. The molecule has 3 rings (SSSR count). The highest BCUT2D eigenvalue weighted by atomic mass is 79.9. The van der Waals surface area contributed by atoms with Gasteiger partial charge in [0.1, 0.15) is 5.75 Å². The molecule has 2 aromatic heterocycles. The van der Waals surface area contributed by atoms with E-state index in [1.807, 2.05) is 36.2 Å². The Kier molecular flexibility index (Phi) is 5.34. The molecule has 0 unspecified atom stereocenters. The number of pyridine rings is 1. The molecular weight excluding hydrogens is 440 g/mol. The molecule has 0 aliphatic rings. The van der Waals surface area contributed by atoms with Gasteiger partial charge < -0.3 is 4.74 Å². The first-order valence-corrected chi connectivity index (χ1v) is 9.86. The Morgan fingerprint density at radius 1 is 1.13 bits per heavy atom. The van der Waals surface area contributed by atoms with Gasteiger partial charge in [0.15, 0.2) is 5.65 Å². The molecule has 0 bridgehead atoms. The third-order valence-electron chi connectivity index (χ3n) is 3.66. The van der Waals surface area contributed by atoms with Crippen molar-refractivity contribution in [1.29, 1.82) is 0 Å². The standard InChI is InChI=1S/C17H16Br2N2OS/c1-11-15(18)7-16(19)17-20-8-13(21(11)17)10-23-9-12-3-5-14(22-2)6-4-12/h3-8H,9-10H2,1-2H3. The van der Waals surface area contributed by atoms with E-state index in [4.69, 9.17) is 4.74 Å². The molecule has 0 fully saturated rings. The molecule has 0 atom stereocenters. The van der Waals surface area contributed by atoms with E-state index in [1.165, 1.54) is 17.0 Å². The van der Waals surface area contributed by atoms with Gasteiger partial charge in [-0.3, -0.25) is 4.40 Å². The molecule has 0 saturated heterocycles. The lowest BCUT2D eigenvalue weighted by Crippen LogP contribution is -1.98. The summed E-state index contributed by atoms with van der Waals surface area (Å²) in [5.74, 6) is 2.77. The fourth-order valence-electron chi connectivity index (χ4n) is 2.41. The van der Waals surface area contributed by atoms with Gasteiger partial charge in [-0.1, -0.05) is 12.1 Å². The predicted octanol–water partition coefficient (Wildman–Crippen LogP) is 5.61. The summed E-state index contributed by atoms with van der Waals surface area (Å²) < 4.78 is 9.47. The molecule has 0 radical (unpaired) electrons. The minimum atomic E-state index is 0.894. The third-order valence-corrected chi connectivity index (χ3v) is 6.08. The number of nitrogens with zero attached hydrogens (tertiary/aromatic N) is 2. The van der Waals surface area contributed by atoms with Crippen molar-refractivity contribution < 1.29 is 4.74 Å². The van der Waals surface area contributed by atoms with Crippen molar-refractivity contribution in [2.45, 2.75) is 18.4 Å². The number of aromatic nitrogens is 2. The van der Waals surface area contributed by atoms with E-state index in [2.05, 4.69) is 60.3 Å². The van der Waals surface area contributed by atoms with Gasteiger partial charge in [0.05, 0.1) is 23.5 Å². The number of imidazole rings is 1. The zero-order valence-corrected chi connectivity index (χ0v) is 16.8. The Bertz CT molecular complexity index is 831. The molecule has 0 saturated carbocycles. The van der Waals surface area contributed by atoms with Crippen LogP contribution < -0.4 is 4.74 Å². The third kappa shape index (κ3) is 3.59. The second kappa shape index (κ2) is 7.28. The minimum Gasteiger partial charge on any atom is -0.497 e. The number of thioether (sulfide) groups is 1. The first-order chi connectivity index (χ1) is 11.1. The molecule has 0 aliphatic carbocycles. The SMILES string of the molecule is COc1ccc(CSCc2cnc3c(Br)cc(Br)c(C)n23)cc1. The number of methoxy groups -OCH3 is 1. The molecule has 120 valence electrons. The summed E-state index contributed by atoms with van der Waals surface area (Å²) in [6.45, 7) is 2.10. The zero-order chi connectivity index (χ0) is 16.4. The van der Waals surface area contributed by atoms with Gasteiger partial charge >= 0.3 is 0 Å². The van der Waals surface area contributed by atoms with Crippen LogP contribution in [0.4, 0.5) is 0 Å². The monoisotopic (exact) mass is 454 g/mol. The molecule has 3 nitrogen and oxygen atoms in total. The van der Waals surface area contributed by atoms with Crippen LogP contribution in [0.3, 0.4) is 0 Å². The smallest absolute Gasteiger partial charge is 0.151 e. The highest BCUT2D eigenvalue weighted by Crippen LogP contribution is 2.29. The maximum Gasteiger partial charge on any atom is 0.151 e. The van der Waals surface area contributed by atoms with Gasteiger partial charge in [-0.25, -0.2) is 4.98 Å². The van der Waals surface area contributed by atoms with E-state index in [9.17, 15) is 0 Å². The van der Waals surface area contributed by atoms with Crippen molar-refractivity contribution in [2.24, 2.45) is 0 Å². The molecule has 6 heteroatoms. The highest BCUT2D eigenvalue weighted by molar-refractivity contribution is 9.11. The number of ether oxygens (including phenoxy) is 1. The van der Waals surface area contributed by atoms with Gasteiger partial charge in [-0.2, -0.15) is 11.8 Å². The Morgan fingerprint density at radius 3 is 2.57 bits per heavy atom. The van der Waals surface area contributed by atoms with E-state index < -0.39 is 0 Å². The minimum absolute atomic E-state index is 0.894. The molecular formula is C17H16Br2N2OS. The number of hydrogen-bond donors (Lipinski definition) is 0. The Balaban J connectivity index is 1.74. The fraction of sp³-hybridized carbons (Fsp3) is 0.235. The van der Waals surface area contributed by atoms with Crippen LogP contribution in [0.2, 0.25) is 0 Å². The summed E-state index contributed by atoms with van der Waals surface area (Å²) in [6, 6.07) is 10.3. The molecule has 2 heterocycles. The lowest BCUT2D eigenvalue weighted by atomic mass is 10.2. The van der Waals surface area contributed by atoms with Crippen LogP contribution in [-0.4, -0.2) is 16.5 Å². The molecule has 0 amide bonds. The first kappa shape index (κ1) is 16.9. The molecule has 1 aromatic carbocycles. The molecule has 0 spiro atoms. The number of aryl methyl sites for hydroxylation is 1.